The Labute approximate surface area is 122 Å². The standard InChI is InChI=1S/C13H9ClF3NO3/c1-2-20-13(19)10-9(11(16)17)18-12(21-10)6-3-4-7(14)8(15)5-6/h3-5,11H,2H2,1H3. The zero-order valence-corrected chi connectivity index (χ0v) is 11.5. The first kappa shape index (κ1) is 15.4. The Kier molecular flexibility index (Phi) is 4.52. The van der Waals surface area contributed by atoms with Crippen molar-refractivity contribution < 1.29 is 27.1 Å². The van der Waals surface area contributed by atoms with Crippen molar-refractivity contribution in [3.8, 4) is 11.5 Å². The van der Waals surface area contributed by atoms with Gasteiger partial charge in [0.25, 0.3) is 6.43 Å². The fourth-order valence-corrected chi connectivity index (χ4v) is 1.69. The molecule has 1 aromatic carbocycles. The van der Waals surface area contributed by atoms with E-state index in [0.717, 1.165) is 6.07 Å². The van der Waals surface area contributed by atoms with Gasteiger partial charge in [0.15, 0.2) is 5.69 Å². The lowest BCUT2D eigenvalue weighted by molar-refractivity contribution is 0.0476. The summed E-state index contributed by atoms with van der Waals surface area (Å²) in [4.78, 5) is 15.1. The van der Waals surface area contributed by atoms with Gasteiger partial charge in [0.05, 0.1) is 11.6 Å². The molecule has 0 saturated heterocycles. The monoisotopic (exact) mass is 319 g/mol. The summed E-state index contributed by atoms with van der Waals surface area (Å²) in [5.74, 6) is -2.83. The minimum absolute atomic E-state index is 0.00683. The number of aromatic nitrogens is 1. The quantitative estimate of drug-likeness (QED) is 0.791. The molecule has 0 spiro atoms. The van der Waals surface area contributed by atoms with Gasteiger partial charge >= 0.3 is 5.97 Å². The highest BCUT2D eigenvalue weighted by molar-refractivity contribution is 6.30. The Bertz CT molecular complexity index is 673. The van der Waals surface area contributed by atoms with Crippen LogP contribution in [0.5, 0.6) is 0 Å². The molecular formula is C13H9ClF3NO3. The Balaban J connectivity index is 2.48. The van der Waals surface area contributed by atoms with Crippen LogP contribution in [-0.2, 0) is 4.74 Å². The van der Waals surface area contributed by atoms with Gasteiger partial charge in [-0.1, -0.05) is 11.6 Å². The molecule has 1 aromatic heterocycles. The Morgan fingerprint density at radius 2 is 2.19 bits per heavy atom. The van der Waals surface area contributed by atoms with Crippen molar-refractivity contribution in [1.82, 2.24) is 4.98 Å². The fourth-order valence-electron chi connectivity index (χ4n) is 1.58. The van der Waals surface area contributed by atoms with Crippen LogP contribution in [0.3, 0.4) is 0 Å². The van der Waals surface area contributed by atoms with Crippen molar-refractivity contribution in [2.24, 2.45) is 0 Å². The van der Waals surface area contributed by atoms with Crippen LogP contribution in [0.2, 0.25) is 5.02 Å². The minimum Gasteiger partial charge on any atom is -0.460 e. The first-order valence-corrected chi connectivity index (χ1v) is 6.23. The normalized spacial score (nSPS) is 11.0. The van der Waals surface area contributed by atoms with E-state index >= 15 is 0 Å². The maximum Gasteiger partial charge on any atom is 0.376 e. The molecule has 0 fully saturated rings. The van der Waals surface area contributed by atoms with E-state index in [1.165, 1.54) is 19.1 Å². The number of rotatable bonds is 4. The second-order valence-electron chi connectivity index (χ2n) is 3.88. The summed E-state index contributed by atoms with van der Waals surface area (Å²) in [7, 11) is 0. The van der Waals surface area contributed by atoms with E-state index in [1.807, 2.05) is 0 Å². The number of benzene rings is 1. The number of alkyl halides is 2. The van der Waals surface area contributed by atoms with E-state index in [0.29, 0.717) is 0 Å². The molecule has 0 N–H and O–H groups in total. The third-order valence-electron chi connectivity index (χ3n) is 2.49. The SMILES string of the molecule is CCOC(=O)c1oc(-c2ccc(Cl)c(F)c2)nc1C(F)F. The highest BCUT2D eigenvalue weighted by atomic mass is 35.5. The third kappa shape index (κ3) is 3.18. The lowest BCUT2D eigenvalue weighted by Gasteiger charge is -1.99. The second kappa shape index (κ2) is 6.17. The molecule has 0 bridgehead atoms. The zero-order chi connectivity index (χ0) is 15.6. The number of hydrogen-bond acceptors (Lipinski definition) is 4. The molecule has 4 nitrogen and oxygen atoms in total. The number of oxazole rings is 1. The number of ether oxygens (including phenoxy) is 1. The zero-order valence-electron chi connectivity index (χ0n) is 10.7. The van der Waals surface area contributed by atoms with Crippen LogP contribution in [0, 0.1) is 5.82 Å². The lowest BCUT2D eigenvalue weighted by Crippen LogP contribution is -2.06. The van der Waals surface area contributed by atoms with Crippen LogP contribution in [0.1, 0.15) is 29.6 Å². The molecule has 0 unspecified atom stereocenters. The highest BCUT2D eigenvalue weighted by Gasteiger charge is 2.28. The summed E-state index contributed by atoms with van der Waals surface area (Å²) >= 11 is 5.53. The van der Waals surface area contributed by atoms with E-state index in [4.69, 9.17) is 16.0 Å². The van der Waals surface area contributed by atoms with Crippen molar-refractivity contribution in [1.29, 1.82) is 0 Å². The summed E-state index contributed by atoms with van der Waals surface area (Å²) in [6, 6.07) is 3.53. The van der Waals surface area contributed by atoms with Gasteiger partial charge in [-0.05, 0) is 25.1 Å². The average molecular weight is 320 g/mol. The van der Waals surface area contributed by atoms with Crippen molar-refractivity contribution >= 4 is 17.6 Å². The molecule has 1 heterocycles. The largest absolute Gasteiger partial charge is 0.460 e. The van der Waals surface area contributed by atoms with E-state index in [2.05, 4.69) is 9.72 Å². The molecule has 0 aliphatic rings. The summed E-state index contributed by atoms with van der Waals surface area (Å²) in [5.41, 5.74) is -0.770. The van der Waals surface area contributed by atoms with E-state index in [9.17, 15) is 18.0 Å². The van der Waals surface area contributed by atoms with Crippen molar-refractivity contribution in [3.05, 3.63) is 40.5 Å². The van der Waals surface area contributed by atoms with Crippen LogP contribution < -0.4 is 0 Å². The second-order valence-corrected chi connectivity index (χ2v) is 4.29. The molecule has 0 aliphatic heterocycles. The summed E-state index contributed by atoms with van der Waals surface area (Å²) in [5, 5.41) is -0.134. The number of esters is 1. The van der Waals surface area contributed by atoms with Crippen molar-refractivity contribution in [2.45, 2.75) is 13.3 Å². The van der Waals surface area contributed by atoms with Gasteiger partial charge in [-0.2, -0.15) is 0 Å². The maximum absolute atomic E-state index is 13.4. The number of carbonyl (C=O) groups is 1. The van der Waals surface area contributed by atoms with Crippen molar-refractivity contribution in [3.63, 3.8) is 0 Å². The van der Waals surface area contributed by atoms with Crippen molar-refractivity contribution in [2.75, 3.05) is 6.61 Å². The molecule has 0 saturated carbocycles. The van der Waals surface area contributed by atoms with Crippen LogP contribution in [-0.4, -0.2) is 17.6 Å². The number of nitrogens with zero attached hydrogens (tertiary/aromatic N) is 1. The van der Waals surface area contributed by atoms with Gasteiger partial charge < -0.3 is 9.15 Å². The smallest absolute Gasteiger partial charge is 0.376 e. The highest BCUT2D eigenvalue weighted by Crippen LogP contribution is 2.30. The first-order chi connectivity index (χ1) is 9.93. The first-order valence-electron chi connectivity index (χ1n) is 5.85. The van der Waals surface area contributed by atoms with Gasteiger partial charge in [-0.25, -0.2) is 22.9 Å². The molecule has 21 heavy (non-hydrogen) atoms. The summed E-state index contributed by atoms with van der Waals surface area (Å²) in [6.07, 6.45) is -3.03. The number of hydrogen-bond donors (Lipinski definition) is 0. The van der Waals surface area contributed by atoms with Gasteiger partial charge in [0.1, 0.15) is 5.82 Å². The predicted molar refractivity (Wildman–Crippen MR) is 67.8 cm³/mol. The van der Waals surface area contributed by atoms with Gasteiger partial charge in [0.2, 0.25) is 11.7 Å². The third-order valence-corrected chi connectivity index (χ3v) is 2.79. The maximum atomic E-state index is 13.4. The Morgan fingerprint density at radius 1 is 1.48 bits per heavy atom. The Hall–Kier alpha value is -2.02. The molecule has 2 rings (SSSR count). The molecule has 0 aliphatic carbocycles. The molecule has 0 amide bonds. The molecule has 2 aromatic rings. The van der Waals surface area contributed by atoms with Crippen LogP contribution >= 0.6 is 11.6 Å². The minimum atomic E-state index is -3.03. The van der Waals surface area contributed by atoms with Crippen LogP contribution in [0.4, 0.5) is 13.2 Å². The number of halogens is 4. The molecule has 112 valence electrons. The van der Waals surface area contributed by atoms with Crippen LogP contribution in [0.25, 0.3) is 11.5 Å². The molecule has 0 radical (unpaired) electrons. The topological polar surface area (TPSA) is 52.3 Å². The molecule has 0 atom stereocenters. The van der Waals surface area contributed by atoms with Gasteiger partial charge in [-0.15, -0.1) is 0 Å². The average Bonchev–Trinajstić information content (AvgIpc) is 2.87. The van der Waals surface area contributed by atoms with E-state index in [1.54, 1.807) is 0 Å². The van der Waals surface area contributed by atoms with Gasteiger partial charge in [-0.3, -0.25) is 0 Å². The Morgan fingerprint density at radius 3 is 2.76 bits per heavy atom. The lowest BCUT2D eigenvalue weighted by atomic mass is 10.2. The van der Waals surface area contributed by atoms with Gasteiger partial charge in [0, 0.05) is 5.56 Å². The summed E-state index contributed by atoms with van der Waals surface area (Å²) in [6.45, 7) is 1.51. The van der Waals surface area contributed by atoms with E-state index in [-0.39, 0.29) is 23.1 Å². The van der Waals surface area contributed by atoms with Crippen LogP contribution in [0.15, 0.2) is 22.6 Å². The molecular weight excluding hydrogens is 311 g/mol. The number of carbonyl (C=O) groups excluding carboxylic acids is 1. The van der Waals surface area contributed by atoms with E-state index < -0.39 is 29.7 Å². The molecule has 8 heteroatoms. The summed E-state index contributed by atoms with van der Waals surface area (Å²) < 4.78 is 48.7. The predicted octanol–water partition coefficient (Wildman–Crippen LogP) is 4.25. The fraction of sp³-hybridized carbons (Fsp3) is 0.231.